The smallest absolute Gasteiger partial charge is 0.335 e. The quantitative estimate of drug-likeness (QED) is 0.183. The van der Waals surface area contributed by atoms with Gasteiger partial charge in [0.05, 0.1) is 5.56 Å². The van der Waals surface area contributed by atoms with Gasteiger partial charge in [-0.2, -0.15) is 0 Å². The highest BCUT2D eigenvalue weighted by molar-refractivity contribution is 5.88. The molecule has 34 heavy (non-hydrogen) atoms. The minimum Gasteiger partial charge on any atom is -0.481 e. The third kappa shape index (κ3) is 12.8. The molecule has 0 saturated heterocycles. The first-order valence-corrected chi connectivity index (χ1v) is 12.0. The maximum Gasteiger partial charge on any atom is 0.335 e. The number of nitrogen functional groups attached to an aromatic ring is 1. The first-order chi connectivity index (χ1) is 16.1. The van der Waals surface area contributed by atoms with Gasteiger partial charge in [-0.3, -0.25) is 4.79 Å². The van der Waals surface area contributed by atoms with Gasteiger partial charge in [0.25, 0.3) is 0 Å². The SMILES string of the molecule is CC(=CCCC(C)=CCc1cc(C(=O)O)ccc1N)CCC=C(C)CCC=C(C)CCC(=O)O. The van der Waals surface area contributed by atoms with Gasteiger partial charge in [-0.1, -0.05) is 46.6 Å². The Labute approximate surface area is 204 Å². The summed E-state index contributed by atoms with van der Waals surface area (Å²) in [5, 5.41) is 17.9. The van der Waals surface area contributed by atoms with E-state index in [9.17, 15) is 9.59 Å². The second kappa shape index (κ2) is 15.7. The number of nitrogens with two attached hydrogens (primary N) is 1. The summed E-state index contributed by atoms with van der Waals surface area (Å²) in [6.45, 7) is 8.44. The normalized spacial score (nSPS) is 13.3. The Morgan fingerprint density at radius 1 is 0.735 bits per heavy atom. The van der Waals surface area contributed by atoms with Gasteiger partial charge in [-0.05, 0) is 103 Å². The molecule has 4 N–H and O–H groups in total. The van der Waals surface area contributed by atoms with E-state index < -0.39 is 11.9 Å². The second-order valence-electron chi connectivity index (χ2n) is 9.13. The van der Waals surface area contributed by atoms with Crippen LogP contribution in [0.15, 0.2) is 64.8 Å². The lowest BCUT2D eigenvalue weighted by Gasteiger charge is -2.06. The van der Waals surface area contributed by atoms with Crippen LogP contribution in [0.3, 0.4) is 0 Å². The molecule has 0 heterocycles. The van der Waals surface area contributed by atoms with Crippen LogP contribution in [-0.2, 0) is 11.2 Å². The Hall–Kier alpha value is -3.08. The third-order valence-electron chi connectivity index (χ3n) is 5.89. The minimum absolute atomic E-state index is 0.202. The van der Waals surface area contributed by atoms with Gasteiger partial charge >= 0.3 is 11.9 Å². The molecule has 0 spiro atoms. The number of benzene rings is 1. The van der Waals surface area contributed by atoms with Crippen molar-refractivity contribution in [2.75, 3.05) is 5.73 Å². The largest absolute Gasteiger partial charge is 0.481 e. The van der Waals surface area contributed by atoms with E-state index in [0.717, 1.165) is 49.7 Å². The van der Waals surface area contributed by atoms with E-state index in [0.29, 0.717) is 18.5 Å². The van der Waals surface area contributed by atoms with Gasteiger partial charge < -0.3 is 15.9 Å². The molecule has 0 aliphatic carbocycles. The number of hydrogen-bond acceptors (Lipinski definition) is 3. The fraction of sp³-hybridized carbons (Fsp3) is 0.448. The molecular formula is C29H41NO4. The van der Waals surface area contributed by atoms with E-state index in [-0.39, 0.29) is 12.0 Å². The predicted octanol–water partition coefficient (Wildman–Crippen LogP) is 7.50. The highest BCUT2D eigenvalue weighted by atomic mass is 16.4. The van der Waals surface area contributed by atoms with Crippen molar-refractivity contribution in [2.24, 2.45) is 0 Å². The van der Waals surface area contributed by atoms with E-state index in [1.807, 2.05) is 6.92 Å². The van der Waals surface area contributed by atoms with Gasteiger partial charge in [0.1, 0.15) is 0 Å². The molecule has 0 atom stereocenters. The van der Waals surface area contributed by atoms with Crippen molar-refractivity contribution in [3.8, 4) is 0 Å². The van der Waals surface area contributed by atoms with Crippen molar-refractivity contribution in [1.82, 2.24) is 0 Å². The Morgan fingerprint density at radius 3 is 1.68 bits per heavy atom. The maximum atomic E-state index is 11.1. The summed E-state index contributed by atoms with van der Waals surface area (Å²) in [6, 6.07) is 4.84. The van der Waals surface area contributed by atoms with Crippen LogP contribution in [0.1, 0.15) is 95.0 Å². The van der Waals surface area contributed by atoms with Crippen LogP contribution in [-0.4, -0.2) is 22.2 Å². The summed E-state index contributed by atoms with van der Waals surface area (Å²) >= 11 is 0. The molecule has 1 aromatic carbocycles. The van der Waals surface area contributed by atoms with Gasteiger partial charge in [0, 0.05) is 12.1 Å². The first kappa shape index (κ1) is 29.0. The number of carbonyl (C=O) groups is 2. The van der Waals surface area contributed by atoms with Crippen LogP contribution in [0.25, 0.3) is 0 Å². The summed E-state index contributed by atoms with van der Waals surface area (Å²) in [4.78, 5) is 21.8. The summed E-state index contributed by atoms with van der Waals surface area (Å²) in [6.07, 6.45) is 16.4. The van der Waals surface area contributed by atoms with Gasteiger partial charge in [-0.25, -0.2) is 4.79 Å². The van der Waals surface area contributed by atoms with Crippen molar-refractivity contribution >= 4 is 17.6 Å². The molecular weight excluding hydrogens is 426 g/mol. The molecule has 0 radical (unpaired) electrons. The Morgan fingerprint density at radius 2 is 1.21 bits per heavy atom. The molecule has 0 aromatic heterocycles. The molecule has 0 saturated carbocycles. The van der Waals surface area contributed by atoms with E-state index in [1.54, 1.807) is 12.1 Å². The average Bonchev–Trinajstić information content (AvgIpc) is 2.77. The second-order valence-corrected chi connectivity index (χ2v) is 9.13. The molecule has 0 fully saturated rings. The lowest BCUT2D eigenvalue weighted by molar-refractivity contribution is -0.136. The van der Waals surface area contributed by atoms with Crippen LogP contribution in [0.4, 0.5) is 5.69 Å². The van der Waals surface area contributed by atoms with Crippen LogP contribution >= 0.6 is 0 Å². The molecule has 0 unspecified atom stereocenters. The number of aromatic carboxylic acids is 1. The van der Waals surface area contributed by atoms with Crippen molar-refractivity contribution in [1.29, 1.82) is 0 Å². The Bertz CT molecular complexity index is 951. The predicted molar refractivity (Wildman–Crippen MR) is 141 cm³/mol. The summed E-state index contributed by atoms with van der Waals surface area (Å²) < 4.78 is 0. The summed E-state index contributed by atoms with van der Waals surface area (Å²) in [5.74, 6) is -1.68. The highest BCUT2D eigenvalue weighted by Crippen LogP contribution is 2.18. The lowest BCUT2D eigenvalue weighted by atomic mass is 10.0. The monoisotopic (exact) mass is 467 g/mol. The standard InChI is InChI=1S/C29H41NO4/c1-21(8-5-9-22(2)11-7-13-24(4)15-19-28(31)32)10-6-12-23(3)14-16-25-20-26(29(33)34)17-18-27(25)30/h9-10,13-14,17-18,20H,5-8,11-12,15-16,19,30H2,1-4H3,(H,31,32)(H,33,34). The number of allylic oxidation sites excluding steroid dienone is 8. The molecule has 1 aromatic rings. The zero-order valence-electron chi connectivity index (χ0n) is 21.2. The molecule has 5 nitrogen and oxygen atoms in total. The molecule has 1 rings (SSSR count). The van der Waals surface area contributed by atoms with E-state index in [2.05, 4.69) is 45.1 Å². The fourth-order valence-electron chi connectivity index (χ4n) is 3.55. The topological polar surface area (TPSA) is 101 Å². The summed E-state index contributed by atoms with van der Waals surface area (Å²) in [7, 11) is 0. The molecule has 186 valence electrons. The number of aliphatic carboxylic acids is 1. The number of carboxylic acid groups (broad SMARTS) is 2. The van der Waals surface area contributed by atoms with Crippen molar-refractivity contribution < 1.29 is 19.8 Å². The lowest BCUT2D eigenvalue weighted by Crippen LogP contribution is -2.00. The summed E-state index contributed by atoms with van der Waals surface area (Å²) in [5.41, 5.74) is 12.9. The van der Waals surface area contributed by atoms with Crippen molar-refractivity contribution in [3.05, 3.63) is 75.9 Å². The Kier molecular flexibility index (Phi) is 13.4. The van der Waals surface area contributed by atoms with Crippen molar-refractivity contribution in [3.63, 3.8) is 0 Å². The maximum absolute atomic E-state index is 11.1. The van der Waals surface area contributed by atoms with Crippen molar-refractivity contribution in [2.45, 2.75) is 85.5 Å². The van der Waals surface area contributed by atoms with Crippen LogP contribution < -0.4 is 5.73 Å². The van der Waals surface area contributed by atoms with Gasteiger partial charge in [-0.15, -0.1) is 0 Å². The molecule has 0 amide bonds. The molecule has 0 bridgehead atoms. The number of rotatable bonds is 15. The van der Waals surface area contributed by atoms with E-state index in [4.69, 9.17) is 15.9 Å². The molecule has 0 aliphatic rings. The first-order valence-electron chi connectivity index (χ1n) is 12.0. The minimum atomic E-state index is -0.937. The third-order valence-corrected chi connectivity index (χ3v) is 5.89. The van der Waals surface area contributed by atoms with Gasteiger partial charge in [0.2, 0.25) is 0 Å². The van der Waals surface area contributed by atoms with Crippen LogP contribution in [0.2, 0.25) is 0 Å². The van der Waals surface area contributed by atoms with Gasteiger partial charge in [0.15, 0.2) is 0 Å². The van der Waals surface area contributed by atoms with E-state index >= 15 is 0 Å². The zero-order valence-corrected chi connectivity index (χ0v) is 21.2. The molecule has 5 heteroatoms. The van der Waals surface area contributed by atoms with Crippen LogP contribution in [0.5, 0.6) is 0 Å². The number of carboxylic acids is 2. The Balaban J connectivity index is 2.38. The average molecular weight is 468 g/mol. The fourth-order valence-corrected chi connectivity index (χ4v) is 3.55. The zero-order chi connectivity index (χ0) is 25.5. The molecule has 0 aliphatic heterocycles. The number of anilines is 1. The van der Waals surface area contributed by atoms with E-state index in [1.165, 1.54) is 22.8 Å². The highest BCUT2D eigenvalue weighted by Gasteiger charge is 2.06. The number of hydrogen-bond donors (Lipinski definition) is 3. The van der Waals surface area contributed by atoms with Crippen LogP contribution in [0, 0.1) is 0 Å².